The van der Waals surface area contributed by atoms with E-state index in [4.69, 9.17) is 16.3 Å². The van der Waals surface area contributed by atoms with Crippen LogP contribution in [-0.4, -0.2) is 17.1 Å². The van der Waals surface area contributed by atoms with Crippen molar-refractivity contribution in [2.45, 2.75) is 6.61 Å². The molecule has 0 radical (unpaired) electrons. The maximum Gasteiger partial charge on any atom is 0.156 e. The zero-order chi connectivity index (χ0) is 12.3. The van der Waals surface area contributed by atoms with Gasteiger partial charge in [-0.15, -0.1) is 0 Å². The van der Waals surface area contributed by atoms with Gasteiger partial charge in [-0.05, 0) is 6.07 Å². The van der Waals surface area contributed by atoms with E-state index in [-0.39, 0.29) is 0 Å². The minimum Gasteiger partial charge on any atom is -0.377 e. The van der Waals surface area contributed by atoms with Gasteiger partial charge in [-0.1, -0.05) is 45.7 Å². The van der Waals surface area contributed by atoms with E-state index < -0.39 is 0 Å². The van der Waals surface area contributed by atoms with Crippen molar-refractivity contribution in [2.75, 3.05) is 7.11 Å². The number of aromatic nitrogens is 2. The van der Waals surface area contributed by atoms with Crippen LogP contribution in [0.4, 0.5) is 0 Å². The second kappa shape index (κ2) is 5.58. The minimum absolute atomic E-state index is 0.345. The predicted octanol–water partition coefficient (Wildman–Crippen LogP) is 3.71. The zero-order valence-corrected chi connectivity index (χ0v) is 11.5. The molecule has 2 aromatic rings. The molecule has 0 aliphatic rings. The monoisotopic (exact) mass is 312 g/mol. The maximum atomic E-state index is 5.97. The first kappa shape index (κ1) is 12.5. The Kier molecular flexibility index (Phi) is 4.10. The second-order valence-corrected chi connectivity index (χ2v) is 4.65. The maximum absolute atomic E-state index is 5.97. The van der Waals surface area contributed by atoms with Crippen molar-refractivity contribution in [2.24, 2.45) is 0 Å². The van der Waals surface area contributed by atoms with Crippen LogP contribution in [0.1, 0.15) is 5.82 Å². The molecule has 0 saturated heterocycles. The highest BCUT2D eigenvalue weighted by Crippen LogP contribution is 2.27. The average molecular weight is 314 g/mol. The quantitative estimate of drug-likeness (QED) is 0.810. The standard InChI is InChI=1S/C12H10BrClN2O/c1-17-7-12-15-10(6-11(14)16-12)8-4-2-3-5-9(8)13/h2-6H,7H2,1H3. The topological polar surface area (TPSA) is 35.0 Å². The van der Waals surface area contributed by atoms with Gasteiger partial charge >= 0.3 is 0 Å². The Morgan fingerprint density at radius 3 is 2.76 bits per heavy atom. The van der Waals surface area contributed by atoms with Crippen LogP contribution in [0.2, 0.25) is 5.15 Å². The first-order valence-electron chi connectivity index (χ1n) is 4.98. The number of nitrogens with zero attached hydrogens (tertiary/aromatic N) is 2. The number of benzene rings is 1. The molecule has 0 unspecified atom stereocenters. The lowest BCUT2D eigenvalue weighted by Crippen LogP contribution is -1.99. The lowest BCUT2D eigenvalue weighted by atomic mass is 10.1. The van der Waals surface area contributed by atoms with Gasteiger partial charge in [0.25, 0.3) is 0 Å². The number of hydrogen-bond donors (Lipinski definition) is 0. The molecule has 1 heterocycles. The summed E-state index contributed by atoms with van der Waals surface area (Å²) in [4.78, 5) is 8.50. The first-order chi connectivity index (χ1) is 8.20. The van der Waals surface area contributed by atoms with Crippen LogP contribution in [-0.2, 0) is 11.3 Å². The molecule has 1 aromatic heterocycles. The van der Waals surface area contributed by atoms with E-state index in [1.54, 1.807) is 13.2 Å². The highest BCUT2D eigenvalue weighted by atomic mass is 79.9. The molecule has 0 spiro atoms. The highest BCUT2D eigenvalue weighted by molar-refractivity contribution is 9.10. The fourth-order valence-corrected chi connectivity index (χ4v) is 2.15. The fraction of sp³-hybridized carbons (Fsp3) is 0.167. The van der Waals surface area contributed by atoms with Gasteiger partial charge in [-0.3, -0.25) is 0 Å². The Hall–Kier alpha value is -0.970. The Balaban J connectivity index is 2.48. The Labute approximate surface area is 113 Å². The van der Waals surface area contributed by atoms with Gasteiger partial charge in [0.05, 0.1) is 5.69 Å². The molecule has 2 rings (SSSR count). The van der Waals surface area contributed by atoms with Crippen molar-refractivity contribution < 1.29 is 4.74 Å². The van der Waals surface area contributed by atoms with Crippen LogP contribution in [0.3, 0.4) is 0 Å². The summed E-state index contributed by atoms with van der Waals surface area (Å²) in [5, 5.41) is 0.415. The second-order valence-electron chi connectivity index (χ2n) is 3.40. The molecule has 1 aromatic carbocycles. The predicted molar refractivity (Wildman–Crippen MR) is 70.9 cm³/mol. The number of rotatable bonds is 3. The molecular weight excluding hydrogens is 304 g/mol. The lowest BCUT2D eigenvalue weighted by molar-refractivity contribution is 0.178. The van der Waals surface area contributed by atoms with Gasteiger partial charge in [-0.25, -0.2) is 9.97 Å². The van der Waals surface area contributed by atoms with E-state index in [2.05, 4.69) is 25.9 Å². The SMILES string of the molecule is COCc1nc(Cl)cc(-c2ccccc2Br)n1. The number of hydrogen-bond acceptors (Lipinski definition) is 3. The van der Waals surface area contributed by atoms with Gasteiger partial charge < -0.3 is 4.74 Å². The van der Waals surface area contributed by atoms with Crippen molar-refractivity contribution >= 4 is 27.5 Å². The molecule has 3 nitrogen and oxygen atoms in total. The van der Waals surface area contributed by atoms with Gasteiger partial charge in [-0.2, -0.15) is 0 Å². The highest BCUT2D eigenvalue weighted by Gasteiger charge is 2.07. The average Bonchev–Trinajstić information content (AvgIpc) is 2.29. The molecule has 0 bridgehead atoms. The normalized spacial score (nSPS) is 10.5. The summed E-state index contributed by atoms with van der Waals surface area (Å²) in [6.45, 7) is 0.345. The summed E-state index contributed by atoms with van der Waals surface area (Å²) >= 11 is 9.45. The molecule has 0 amide bonds. The van der Waals surface area contributed by atoms with Gasteiger partial charge in [0.1, 0.15) is 11.8 Å². The van der Waals surface area contributed by atoms with E-state index >= 15 is 0 Å². The summed E-state index contributed by atoms with van der Waals surface area (Å²) in [6, 6.07) is 9.57. The van der Waals surface area contributed by atoms with Crippen LogP contribution in [0.25, 0.3) is 11.3 Å². The summed E-state index contributed by atoms with van der Waals surface area (Å²) < 4.78 is 5.98. The van der Waals surface area contributed by atoms with Crippen molar-refractivity contribution in [3.05, 3.63) is 45.8 Å². The minimum atomic E-state index is 0.345. The van der Waals surface area contributed by atoms with Crippen LogP contribution >= 0.6 is 27.5 Å². The van der Waals surface area contributed by atoms with E-state index in [1.165, 1.54) is 0 Å². The van der Waals surface area contributed by atoms with Crippen molar-refractivity contribution in [3.63, 3.8) is 0 Å². The lowest BCUT2D eigenvalue weighted by Gasteiger charge is -2.06. The third-order valence-corrected chi connectivity index (χ3v) is 3.05. The smallest absolute Gasteiger partial charge is 0.156 e. The third kappa shape index (κ3) is 3.03. The van der Waals surface area contributed by atoms with E-state index in [9.17, 15) is 0 Å². The van der Waals surface area contributed by atoms with Gasteiger partial charge in [0.2, 0.25) is 0 Å². The summed E-state index contributed by atoms with van der Waals surface area (Å²) in [5.41, 5.74) is 1.76. The molecule has 17 heavy (non-hydrogen) atoms. The van der Waals surface area contributed by atoms with E-state index in [1.807, 2.05) is 24.3 Å². The Bertz CT molecular complexity index is 534. The van der Waals surface area contributed by atoms with Crippen molar-refractivity contribution in [1.29, 1.82) is 0 Å². The van der Waals surface area contributed by atoms with E-state index in [0.29, 0.717) is 17.6 Å². The summed E-state index contributed by atoms with van der Waals surface area (Å²) in [5.74, 6) is 0.575. The molecule has 5 heteroatoms. The molecule has 0 aliphatic heterocycles. The zero-order valence-electron chi connectivity index (χ0n) is 9.15. The van der Waals surface area contributed by atoms with Gasteiger partial charge in [0, 0.05) is 23.2 Å². The van der Waals surface area contributed by atoms with Crippen LogP contribution in [0, 0.1) is 0 Å². The molecule has 88 valence electrons. The summed E-state index contributed by atoms with van der Waals surface area (Å²) in [7, 11) is 1.60. The van der Waals surface area contributed by atoms with Crippen molar-refractivity contribution in [3.8, 4) is 11.3 Å². The largest absolute Gasteiger partial charge is 0.377 e. The number of methoxy groups -OCH3 is 1. The number of ether oxygens (including phenoxy) is 1. The van der Waals surface area contributed by atoms with E-state index in [0.717, 1.165) is 15.7 Å². The Morgan fingerprint density at radius 2 is 2.06 bits per heavy atom. The molecule has 0 atom stereocenters. The van der Waals surface area contributed by atoms with Crippen LogP contribution in [0.5, 0.6) is 0 Å². The molecular formula is C12H10BrClN2O. The molecule has 0 N–H and O–H groups in total. The van der Waals surface area contributed by atoms with Crippen molar-refractivity contribution in [1.82, 2.24) is 9.97 Å². The first-order valence-corrected chi connectivity index (χ1v) is 6.15. The molecule has 0 aliphatic carbocycles. The number of halogens is 2. The molecule has 0 fully saturated rings. The Morgan fingerprint density at radius 1 is 1.29 bits per heavy atom. The third-order valence-electron chi connectivity index (χ3n) is 2.16. The van der Waals surface area contributed by atoms with Crippen LogP contribution in [0.15, 0.2) is 34.8 Å². The molecule has 0 saturated carbocycles. The fourth-order valence-electron chi connectivity index (χ4n) is 1.47. The van der Waals surface area contributed by atoms with Gasteiger partial charge in [0.15, 0.2) is 5.82 Å². The summed E-state index contributed by atoms with van der Waals surface area (Å²) in [6.07, 6.45) is 0. The van der Waals surface area contributed by atoms with Crippen LogP contribution < -0.4 is 0 Å².